The number of hydrogen-bond donors (Lipinski definition) is 1. The third kappa shape index (κ3) is 4.18. The number of aryl methyl sites for hydroxylation is 1. The normalized spacial score (nSPS) is 21.3. The van der Waals surface area contributed by atoms with Gasteiger partial charge in [0.15, 0.2) is 5.11 Å². The largest absolute Gasteiger partial charge is 0.366 e. The van der Waals surface area contributed by atoms with Gasteiger partial charge in [-0.05, 0) is 105 Å². The number of anilines is 2. The minimum Gasteiger partial charge on any atom is -0.366 e. The van der Waals surface area contributed by atoms with Gasteiger partial charge in [0.25, 0.3) is 11.8 Å². The second-order valence-corrected chi connectivity index (χ2v) is 10.2. The molecule has 0 bridgehead atoms. The Bertz CT molecular complexity index is 1200. The number of thiocarbonyl (C=S) groups is 1. The van der Waals surface area contributed by atoms with Crippen molar-refractivity contribution >= 4 is 58.2 Å². The summed E-state index contributed by atoms with van der Waals surface area (Å²) in [7, 11) is 0. The molecule has 1 fully saturated rings. The predicted octanol–water partition coefficient (Wildman–Crippen LogP) is 5.59. The third-order valence-electron chi connectivity index (χ3n) is 6.56. The lowest BCUT2D eigenvalue weighted by molar-refractivity contribution is -0.122. The SMILES string of the molecule is CCN1c2cc(C)c(/C=C3\C(=O)NC(=S)N(c4cccc(Cl)c4)C3=O)cc2[C@@H](C)CC1(C)C. The van der Waals surface area contributed by atoms with Crippen LogP contribution in [0.3, 0.4) is 0 Å². The Morgan fingerprint density at radius 2 is 1.97 bits per heavy atom. The number of fused-ring (bicyclic) bond motifs is 1. The summed E-state index contributed by atoms with van der Waals surface area (Å²) < 4.78 is 0. The van der Waals surface area contributed by atoms with Crippen molar-refractivity contribution in [2.75, 3.05) is 16.3 Å². The predicted molar refractivity (Wildman–Crippen MR) is 139 cm³/mol. The van der Waals surface area contributed by atoms with E-state index in [0.29, 0.717) is 16.6 Å². The van der Waals surface area contributed by atoms with Gasteiger partial charge in [-0.1, -0.05) is 24.6 Å². The van der Waals surface area contributed by atoms with Crippen LogP contribution in [0, 0.1) is 6.92 Å². The molecule has 33 heavy (non-hydrogen) atoms. The molecule has 0 spiro atoms. The van der Waals surface area contributed by atoms with Crippen molar-refractivity contribution in [1.29, 1.82) is 0 Å². The van der Waals surface area contributed by atoms with Crippen LogP contribution in [0.4, 0.5) is 11.4 Å². The Morgan fingerprint density at radius 1 is 1.24 bits per heavy atom. The van der Waals surface area contributed by atoms with E-state index in [2.05, 4.69) is 50.0 Å². The van der Waals surface area contributed by atoms with E-state index in [-0.39, 0.29) is 16.2 Å². The van der Waals surface area contributed by atoms with E-state index >= 15 is 0 Å². The van der Waals surface area contributed by atoms with Gasteiger partial charge < -0.3 is 4.90 Å². The lowest BCUT2D eigenvalue weighted by Gasteiger charge is -2.47. The number of rotatable bonds is 3. The first-order chi connectivity index (χ1) is 15.5. The lowest BCUT2D eigenvalue weighted by Crippen LogP contribution is -2.54. The van der Waals surface area contributed by atoms with Crippen molar-refractivity contribution in [3.05, 3.63) is 63.7 Å². The second-order valence-electron chi connectivity index (χ2n) is 9.37. The molecule has 172 valence electrons. The average Bonchev–Trinajstić information content (AvgIpc) is 2.71. The van der Waals surface area contributed by atoms with E-state index in [1.54, 1.807) is 30.3 Å². The molecule has 0 saturated carbocycles. The van der Waals surface area contributed by atoms with E-state index in [1.807, 2.05) is 6.92 Å². The van der Waals surface area contributed by atoms with E-state index in [9.17, 15) is 9.59 Å². The molecule has 2 heterocycles. The smallest absolute Gasteiger partial charge is 0.270 e. The van der Waals surface area contributed by atoms with Crippen molar-refractivity contribution in [3.63, 3.8) is 0 Å². The topological polar surface area (TPSA) is 52.7 Å². The molecule has 5 nitrogen and oxygen atoms in total. The van der Waals surface area contributed by atoms with Crippen LogP contribution in [0.5, 0.6) is 0 Å². The molecule has 0 aromatic heterocycles. The number of halogens is 1. The van der Waals surface area contributed by atoms with Gasteiger partial charge in [-0.2, -0.15) is 0 Å². The monoisotopic (exact) mass is 481 g/mol. The van der Waals surface area contributed by atoms with Crippen LogP contribution >= 0.6 is 23.8 Å². The highest BCUT2D eigenvalue weighted by molar-refractivity contribution is 7.80. The van der Waals surface area contributed by atoms with Crippen molar-refractivity contribution in [2.45, 2.75) is 52.5 Å². The Morgan fingerprint density at radius 3 is 2.64 bits per heavy atom. The van der Waals surface area contributed by atoms with Gasteiger partial charge in [0.2, 0.25) is 0 Å². The summed E-state index contributed by atoms with van der Waals surface area (Å²) in [6.07, 6.45) is 2.71. The number of amides is 2. The molecular formula is C26H28ClN3O2S. The Labute approximate surface area is 205 Å². The first kappa shape index (κ1) is 23.5. The average molecular weight is 482 g/mol. The maximum Gasteiger partial charge on any atom is 0.270 e. The van der Waals surface area contributed by atoms with Crippen LogP contribution < -0.4 is 15.1 Å². The molecule has 1 atom stereocenters. The lowest BCUT2D eigenvalue weighted by atomic mass is 9.79. The van der Waals surface area contributed by atoms with E-state index < -0.39 is 11.8 Å². The standard InChI is InChI=1S/C26H28ClN3O2S/c1-6-29-22-10-15(2)17(11-20(22)16(3)14-26(29,4)5)12-21-23(31)28-25(33)30(24(21)32)19-9-7-8-18(27)13-19/h7-13,16H,6,14H2,1-5H3,(H,28,31,33)/b21-12+/t16-/m0/s1. The summed E-state index contributed by atoms with van der Waals surface area (Å²) >= 11 is 11.4. The fourth-order valence-electron chi connectivity index (χ4n) is 5.07. The quantitative estimate of drug-likeness (QED) is 0.352. The molecule has 0 radical (unpaired) electrons. The summed E-state index contributed by atoms with van der Waals surface area (Å²) in [6.45, 7) is 11.9. The molecule has 7 heteroatoms. The summed E-state index contributed by atoms with van der Waals surface area (Å²) in [5.74, 6) is -0.598. The zero-order valence-corrected chi connectivity index (χ0v) is 21.1. The molecule has 1 N–H and O–H groups in total. The number of benzene rings is 2. The van der Waals surface area contributed by atoms with Gasteiger partial charge >= 0.3 is 0 Å². The molecule has 2 aliphatic heterocycles. The molecule has 2 aromatic rings. The van der Waals surface area contributed by atoms with E-state index in [4.69, 9.17) is 23.8 Å². The van der Waals surface area contributed by atoms with Gasteiger partial charge in [0.05, 0.1) is 5.69 Å². The maximum absolute atomic E-state index is 13.4. The maximum atomic E-state index is 13.4. The van der Waals surface area contributed by atoms with Crippen LogP contribution in [0.2, 0.25) is 5.02 Å². The minimum absolute atomic E-state index is 0.0426. The van der Waals surface area contributed by atoms with Crippen LogP contribution in [0.1, 0.15) is 56.7 Å². The molecule has 4 rings (SSSR count). The number of carbonyl (C=O) groups is 2. The van der Waals surface area contributed by atoms with Crippen molar-refractivity contribution < 1.29 is 9.59 Å². The highest BCUT2D eigenvalue weighted by Crippen LogP contribution is 2.44. The van der Waals surface area contributed by atoms with Gasteiger partial charge in [0, 0.05) is 22.8 Å². The number of nitrogens with zero attached hydrogens (tertiary/aromatic N) is 2. The molecule has 2 amide bonds. The summed E-state index contributed by atoms with van der Waals surface area (Å²) in [5.41, 5.74) is 4.95. The summed E-state index contributed by atoms with van der Waals surface area (Å²) in [4.78, 5) is 29.9. The molecule has 0 unspecified atom stereocenters. The van der Waals surface area contributed by atoms with Gasteiger partial charge in [-0.3, -0.25) is 19.8 Å². The highest BCUT2D eigenvalue weighted by Gasteiger charge is 2.37. The summed E-state index contributed by atoms with van der Waals surface area (Å²) in [6, 6.07) is 11.1. The third-order valence-corrected chi connectivity index (χ3v) is 7.08. The van der Waals surface area contributed by atoms with Gasteiger partial charge in [-0.15, -0.1) is 0 Å². The van der Waals surface area contributed by atoms with Gasteiger partial charge in [-0.25, -0.2) is 0 Å². The zero-order valence-electron chi connectivity index (χ0n) is 19.5. The number of carbonyl (C=O) groups excluding carboxylic acids is 2. The summed E-state index contributed by atoms with van der Waals surface area (Å²) in [5, 5.41) is 3.17. The molecular weight excluding hydrogens is 454 g/mol. The minimum atomic E-state index is -0.496. The van der Waals surface area contributed by atoms with Crippen molar-refractivity contribution in [2.24, 2.45) is 0 Å². The fourth-order valence-corrected chi connectivity index (χ4v) is 5.53. The number of hydrogen-bond acceptors (Lipinski definition) is 4. The molecule has 2 aliphatic rings. The molecule has 2 aromatic carbocycles. The molecule has 1 saturated heterocycles. The van der Waals surface area contributed by atoms with Crippen LogP contribution in [0.15, 0.2) is 42.0 Å². The first-order valence-corrected chi connectivity index (χ1v) is 11.9. The van der Waals surface area contributed by atoms with Crippen molar-refractivity contribution in [3.8, 4) is 0 Å². The van der Waals surface area contributed by atoms with Crippen molar-refractivity contribution in [1.82, 2.24) is 5.32 Å². The highest BCUT2D eigenvalue weighted by atomic mass is 35.5. The zero-order chi connectivity index (χ0) is 24.1. The van der Waals surface area contributed by atoms with Crippen LogP contribution in [-0.4, -0.2) is 29.0 Å². The number of nitrogens with one attached hydrogen (secondary N) is 1. The van der Waals surface area contributed by atoms with Crippen LogP contribution in [0.25, 0.3) is 6.08 Å². The molecule has 0 aliphatic carbocycles. The van der Waals surface area contributed by atoms with E-state index in [1.165, 1.54) is 16.2 Å². The van der Waals surface area contributed by atoms with E-state index in [0.717, 1.165) is 24.1 Å². The van der Waals surface area contributed by atoms with Gasteiger partial charge in [0.1, 0.15) is 5.57 Å². The Balaban J connectivity index is 1.78. The second kappa shape index (κ2) is 8.58. The Kier molecular flexibility index (Phi) is 6.10. The first-order valence-electron chi connectivity index (χ1n) is 11.1. The van der Waals surface area contributed by atoms with Crippen LogP contribution in [-0.2, 0) is 9.59 Å². The Hall–Kier alpha value is -2.70. The fraction of sp³-hybridized carbons (Fsp3) is 0.346.